The third-order valence-corrected chi connectivity index (χ3v) is 8.95. The highest BCUT2D eigenvalue weighted by molar-refractivity contribution is 5.99. The van der Waals surface area contributed by atoms with Crippen LogP contribution in [-0.2, 0) is 28.7 Å². The number of ether oxygens (including phenoxy) is 2. The fourth-order valence-electron chi connectivity index (χ4n) is 6.28. The molecule has 6 atom stereocenters. The van der Waals surface area contributed by atoms with Gasteiger partial charge in [-0.05, 0) is 32.2 Å². The SMILES string of the molecule is CCC[C@@H](C(CC(=O)N1CCCC1C(OC)C(C)C(=O)NCC(=O)c1ccccc1)OC)N(C)C(=O)CNC(=O)C(NC)C(C)C. The fraction of sp³-hybridized carbons (Fsp3) is 0.676. The monoisotopic (exact) mass is 645 g/mol. The van der Waals surface area contributed by atoms with E-state index in [0.717, 1.165) is 12.8 Å². The molecule has 1 aromatic rings. The number of nitrogens with one attached hydrogen (secondary N) is 3. The number of carbonyl (C=O) groups is 5. The van der Waals surface area contributed by atoms with Crippen molar-refractivity contribution in [1.29, 1.82) is 0 Å². The third kappa shape index (κ3) is 10.6. The van der Waals surface area contributed by atoms with Gasteiger partial charge in [0.15, 0.2) is 5.78 Å². The second-order valence-corrected chi connectivity index (χ2v) is 12.4. The van der Waals surface area contributed by atoms with Crippen molar-refractivity contribution < 1.29 is 33.4 Å². The highest BCUT2D eigenvalue weighted by atomic mass is 16.5. The van der Waals surface area contributed by atoms with E-state index in [1.165, 1.54) is 14.2 Å². The van der Waals surface area contributed by atoms with Gasteiger partial charge in [0.05, 0.1) is 55.8 Å². The van der Waals surface area contributed by atoms with Crippen molar-refractivity contribution in [2.75, 3.05) is 47.9 Å². The molecule has 1 aliphatic heterocycles. The van der Waals surface area contributed by atoms with Crippen molar-refractivity contribution in [3.63, 3.8) is 0 Å². The number of amides is 4. The number of hydrogen-bond acceptors (Lipinski definition) is 8. The van der Waals surface area contributed by atoms with E-state index in [-0.39, 0.29) is 66.9 Å². The lowest BCUT2D eigenvalue weighted by Gasteiger charge is -2.37. The Morgan fingerprint density at radius 3 is 2.20 bits per heavy atom. The number of hydrogen-bond donors (Lipinski definition) is 3. The summed E-state index contributed by atoms with van der Waals surface area (Å²) in [6.45, 7) is 7.82. The number of likely N-dealkylation sites (N-methyl/N-ethyl adjacent to an activating group) is 2. The minimum Gasteiger partial charge on any atom is -0.379 e. The molecule has 1 aliphatic rings. The van der Waals surface area contributed by atoms with Crippen LogP contribution >= 0.6 is 0 Å². The first-order valence-corrected chi connectivity index (χ1v) is 16.3. The molecule has 12 heteroatoms. The van der Waals surface area contributed by atoms with Gasteiger partial charge in [-0.15, -0.1) is 0 Å². The maximum Gasteiger partial charge on any atom is 0.242 e. The van der Waals surface area contributed by atoms with Crippen LogP contribution in [0.5, 0.6) is 0 Å². The number of ketones is 1. The molecule has 0 aliphatic carbocycles. The van der Waals surface area contributed by atoms with Gasteiger partial charge in [-0.1, -0.05) is 64.4 Å². The summed E-state index contributed by atoms with van der Waals surface area (Å²) < 4.78 is 11.6. The number of Topliss-reactive ketones (excluding diaryl/α,β-unsaturated/α-hetero) is 1. The minimum absolute atomic E-state index is 0.0411. The molecular weight excluding hydrogens is 590 g/mol. The first kappa shape index (κ1) is 38.8. The van der Waals surface area contributed by atoms with E-state index in [1.54, 1.807) is 55.1 Å². The molecule has 1 saturated heterocycles. The molecule has 0 aromatic heterocycles. The average Bonchev–Trinajstić information content (AvgIpc) is 3.54. The van der Waals surface area contributed by atoms with E-state index in [0.29, 0.717) is 24.9 Å². The van der Waals surface area contributed by atoms with Gasteiger partial charge in [-0.2, -0.15) is 0 Å². The summed E-state index contributed by atoms with van der Waals surface area (Å²) in [5.74, 6) is -1.74. The predicted octanol–water partition coefficient (Wildman–Crippen LogP) is 2.02. The van der Waals surface area contributed by atoms with Crippen LogP contribution in [0.25, 0.3) is 0 Å². The van der Waals surface area contributed by atoms with Gasteiger partial charge in [-0.3, -0.25) is 24.0 Å². The first-order chi connectivity index (χ1) is 21.9. The Hall–Kier alpha value is -3.35. The molecule has 0 saturated carbocycles. The molecule has 0 bridgehead atoms. The first-order valence-electron chi connectivity index (χ1n) is 16.3. The Morgan fingerprint density at radius 1 is 0.978 bits per heavy atom. The van der Waals surface area contributed by atoms with E-state index in [1.807, 2.05) is 26.8 Å². The number of carbonyl (C=O) groups excluding carboxylic acids is 5. The standard InChI is InChI=1S/C34H55N5O7/c1-9-14-25(38(6)30(42)21-37-34(44)31(35-5)22(2)3)28(45-7)19-29(41)39-18-13-17-26(39)32(46-8)23(4)33(43)36-20-27(40)24-15-11-10-12-16-24/h10-12,15-16,22-23,25-26,28,31-32,35H,9,13-14,17-21H2,1-8H3,(H,36,43)(H,37,44)/t23?,25-,26?,28?,31?,32?/m0/s1. The van der Waals surface area contributed by atoms with Crippen LogP contribution in [0.1, 0.15) is 70.2 Å². The fourth-order valence-corrected chi connectivity index (χ4v) is 6.28. The highest BCUT2D eigenvalue weighted by Gasteiger charge is 2.41. The maximum atomic E-state index is 13.8. The van der Waals surface area contributed by atoms with Crippen molar-refractivity contribution in [3.8, 4) is 0 Å². The summed E-state index contributed by atoms with van der Waals surface area (Å²) in [5, 5.41) is 8.43. The smallest absolute Gasteiger partial charge is 0.242 e. The van der Waals surface area contributed by atoms with E-state index in [9.17, 15) is 24.0 Å². The molecule has 0 spiro atoms. The van der Waals surface area contributed by atoms with Crippen molar-refractivity contribution in [3.05, 3.63) is 35.9 Å². The Bertz CT molecular complexity index is 1150. The Balaban J connectivity index is 2.07. The van der Waals surface area contributed by atoms with Crippen molar-refractivity contribution in [2.45, 2.75) is 90.1 Å². The lowest BCUT2D eigenvalue weighted by molar-refractivity contribution is -0.144. The van der Waals surface area contributed by atoms with Crippen LogP contribution in [0.15, 0.2) is 30.3 Å². The number of benzene rings is 1. The van der Waals surface area contributed by atoms with Crippen LogP contribution in [-0.4, -0.2) is 117 Å². The Kier molecular flexibility index (Phi) is 16.3. The van der Waals surface area contributed by atoms with Crippen LogP contribution in [0, 0.1) is 11.8 Å². The average molecular weight is 646 g/mol. The maximum absolute atomic E-state index is 13.8. The molecule has 2 rings (SSSR count). The van der Waals surface area contributed by atoms with Crippen molar-refractivity contribution >= 4 is 29.4 Å². The number of methoxy groups -OCH3 is 2. The second kappa shape index (κ2) is 19.3. The number of nitrogens with zero attached hydrogens (tertiary/aromatic N) is 2. The molecule has 3 N–H and O–H groups in total. The van der Waals surface area contributed by atoms with Crippen LogP contribution in [0.2, 0.25) is 0 Å². The van der Waals surface area contributed by atoms with E-state index in [4.69, 9.17) is 9.47 Å². The zero-order valence-corrected chi connectivity index (χ0v) is 28.8. The van der Waals surface area contributed by atoms with Crippen molar-refractivity contribution in [2.24, 2.45) is 11.8 Å². The molecule has 1 heterocycles. The molecule has 12 nitrogen and oxygen atoms in total. The molecule has 4 amide bonds. The summed E-state index contributed by atoms with van der Waals surface area (Å²) >= 11 is 0. The minimum atomic E-state index is -0.616. The highest BCUT2D eigenvalue weighted by Crippen LogP contribution is 2.28. The molecule has 0 radical (unpaired) electrons. The third-order valence-electron chi connectivity index (χ3n) is 8.95. The molecule has 5 unspecified atom stereocenters. The largest absolute Gasteiger partial charge is 0.379 e. The topological polar surface area (TPSA) is 146 Å². The molecule has 258 valence electrons. The lowest BCUT2D eigenvalue weighted by atomic mass is 9.94. The Morgan fingerprint density at radius 2 is 1.63 bits per heavy atom. The second-order valence-electron chi connectivity index (χ2n) is 12.4. The number of likely N-dealkylation sites (tertiary alicyclic amines) is 1. The Labute approximate surface area is 274 Å². The van der Waals surface area contributed by atoms with Crippen LogP contribution in [0.3, 0.4) is 0 Å². The number of rotatable bonds is 19. The molecule has 1 aromatic carbocycles. The summed E-state index contributed by atoms with van der Waals surface area (Å²) in [4.78, 5) is 68.4. The van der Waals surface area contributed by atoms with Gasteiger partial charge in [0.1, 0.15) is 0 Å². The van der Waals surface area contributed by atoms with E-state index < -0.39 is 24.2 Å². The normalized spacial score (nSPS) is 17.9. The van der Waals surface area contributed by atoms with Gasteiger partial charge >= 0.3 is 0 Å². The summed E-state index contributed by atoms with van der Waals surface area (Å²) in [6.07, 6.45) is 1.68. The summed E-state index contributed by atoms with van der Waals surface area (Å²) in [6, 6.07) is 7.63. The van der Waals surface area contributed by atoms with Gasteiger partial charge in [-0.25, -0.2) is 0 Å². The van der Waals surface area contributed by atoms with Gasteiger partial charge in [0.25, 0.3) is 0 Å². The van der Waals surface area contributed by atoms with Crippen molar-refractivity contribution in [1.82, 2.24) is 25.8 Å². The summed E-state index contributed by atoms with van der Waals surface area (Å²) in [5.41, 5.74) is 0.519. The van der Waals surface area contributed by atoms with Gasteiger partial charge in [0.2, 0.25) is 23.6 Å². The zero-order chi connectivity index (χ0) is 34.4. The predicted molar refractivity (Wildman–Crippen MR) is 176 cm³/mol. The van der Waals surface area contributed by atoms with Crippen LogP contribution in [0.4, 0.5) is 0 Å². The van der Waals surface area contributed by atoms with E-state index in [2.05, 4.69) is 16.0 Å². The molecule has 1 fully saturated rings. The summed E-state index contributed by atoms with van der Waals surface area (Å²) in [7, 11) is 6.44. The molecule has 46 heavy (non-hydrogen) atoms. The zero-order valence-electron chi connectivity index (χ0n) is 28.8. The van der Waals surface area contributed by atoms with Gasteiger partial charge in [0, 0.05) is 33.4 Å². The van der Waals surface area contributed by atoms with E-state index >= 15 is 0 Å². The quantitative estimate of drug-likeness (QED) is 0.194. The lowest BCUT2D eigenvalue weighted by Crippen LogP contribution is -2.53. The molecular formula is C34H55N5O7. The van der Waals surface area contributed by atoms with Crippen LogP contribution < -0.4 is 16.0 Å². The van der Waals surface area contributed by atoms with Gasteiger partial charge < -0.3 is 35.2 Å².